The van der Waals surface area contributed by atoms with E-state index in [0.717, 1.165) is 35.9 Å². The fraction of sp³-hybridized carbons (Fsp3) is 0.600. The third-order valence-corrected chi connectivity index (χ3v) is 3.65. The van der Waals surface area contributed by atoms with Gasteiger partial charge in [0.05, 0.1) is 13.7 Å². The average molecular weight is 286 g/mol. The zero-order chi connectivity index (χ0) is 14.3. The fourth-order valence-corrected chi connectivity index (χ4v) is 2.21. The van der Waals surface area contributed by atoms with E-state index in [2.05, 4.69) is 19.2 Å². The van der Waals surface area contributed by atoms with Crippen molar-refractivity contribution in [2.75, 3.05) is 27.4 Å². The van der Waals surface area contributed by atoms with Gasteiger partial charge in [0, 0.05) is 24.7 Å². The van der Waals surface area contributed by atoms with E-state index in [4.69, 9.17) is 21.1 Å². The number of halogens is 1. The van der Waals surface area contributed by atoms with Gasteiger partial charge in [-0.25, -0.2) is 0 Å². The Morgan fingerprint density at radius 3 is 2.63 bits per heavy atom. The summed E-state index contributed by atoms with van der Waals surface area (Å²) in [6, 6.07) is 6.18. The Bertz CT molecular complexity index is 384. The van der Waals surface area contributed by atoms with Crippen molar-refractivity contribution in [1.82, 2.24) is 5.32 Å². The molecule has 19 heavy (non-hydrogen) atoms. The van der Waals surface area contributed by atoms with Crippen LogP contribution in [0.4, 0.5) is 0 Å². The number of hydrogen-bond acceptors (Lipinski definition) is 3. The van der Waals surface area contributed by atoms with Gasteiger partial charge >= 0.3 is 0 Å². The highest BCUT2D eigenvalue weighted by atomic mass is 35.5. The summed E-state index contributed by atoms with van der Waals surface area (Å²) in [5, 5.41) is 4.21. The van der Waals surface area contributed by atoms with Gasteiger partial charge in [-0.05, 0) is 43.0 Å². The van der Waals surface area contributed by atoms with Crippen LogP contribution in [0.2, 0.25) is 5.02 Å². The molecular weight excluding hydrogens is 262 g/mol. The molecule has 0 saturated carbocycles. The second kappa shape index (κ2) is 8.41. The molecule has 0 spiro atoms. The third-order valence-electron chi connectivity index (χ3n) is 3.41. The molecule has 2 atom stereocenters. The normalized spacial score (nSPS) is 14.2. The maximum atomic E-state index is 6.05. The molecule has 1 N–H and O–H groups in total. The van der Waals surface area contributed by atoms with Crippen molar-refractivity contribution in [2.24, 2.45) is 5.92 Å². The Labute approximate surface area is 121 Å². The van der Waals surface area contributed by atoms with Crippen LogP contribution in [0, 0.1) is 5.92 Å². The Balaban J connectivity index is 2.60. The van der Waals surface area contributed by atoms with E-state index in [-0.39, 0.29) is 0 Å². The van der Waals surface area contributed by atoms with Crippen LogP contribution in [-0.2, 0) is 11.2 Å². The SMILES string of the molecule is COCCNC(C)C(C)Cc1cc(Cl)ccc1OC. The summed E-state index contributed by atoms with van der Waals surface area (Å²) >= 11 is 6.05. The van der Waals surface area contributed by atoms with Gasteiger partial charge in [0.25, 0.3) is 0 Å². The molecule has 0 aliphatic rings. The lowest BCUT2D eigenvalue weighted by atomic mass is 9.94. The maximum Gasteiger partial charge on any atom is 0.122 e. The quantitative estimate of drug-likeness (QED) is 0.744. The molecule has 0 fully saturated rings. The summed E-state index contributed by atoms with van der Waals surface area (Å²) < 4.78 is 10.4. The lowest BCUT2D eigenvalue weighted by Crippen LogP contribution is -2.35. The minimum absolute atomic E-state index is 0.416. The molecule has 4 heteroatoms. The predicted octanol–water partition coefficient (Wildman–Crippen LogP) is 3.15. The Morgan fingerprint density at radius 2 is 2.00 bits per heavy atom. The molecule has 3 nitrogen and oxygen atoms in total. The molecule has 0 aromatic heterocycles. The van der Waals surface area contributed by atoms with E-state index in [1.165, 1.54) is 0 Å². The van der Waals surface area contributed by atoms with Gasteiger partial charge in [-0.1, -0.05) is 18.5 Å². The van der Waals surface area contributed by atoms with E-state index < -0.39 is 0 Å². The summed E-state index contributed by atoms with van der Waals surface area (Å²) in [6.45, 7) is 6.02. The maximum absolute atomic E-state index is 6.05. The van der Waals surface area contributed by atoms with E-state index in [9.17, 15) is 0 Å². The minimum Gasteiger partial charge on any atom is -0.496 e. The second-order valence-electron chi connectivity index (χ2n) is 4.87. The highest BCUT2D eigenvalue weighted by Gasteiger charge is 2.15. The van der Waals surface area contributed by atoms with Crippen LogP contribution in [0.25, 0.3) is 0 Å². The van der Waals surface area contributed by atoms with Crippen molar-refractivity contribution in [2.45, 2.75) is 26.3 Å². The summed E-state index contributed by atoms with van der Waals surface area (Å²) in [5.74, 6) is 1.39. The van der Waals surface area contributed by atoms with Crippen molar-refractivity contribution < 1.29 is 9.47 Å². The van der Waals surface area contributed by atoms with Crippen molar-refractivity contribution in [3.8, 4) is 5.75 Å². The number of hydrogen-bond donors (Lipinski definition) is 1. The van der Waals surface area contributed by atoms with Gasteiger partial charge in [0.1, 0.15) is 5.75 Å². The predicted molar refractivity (Wildman–Crippen MR) is 80.2 cm³/mol. The third kappa shape index (κ3) is 5.39. The molecule has 1 aromatic carbocycles. The van der Waals surface area contributed by atoms with Crippen molar-refractivity contribution in [1.29, 1.82) is 0 Å². The smallest absolute Gasteiger partial charge is 0.122 e. The van der Waals surface area contributed by atoms with Crippen LogP contribution in [0.15, 0.2) is 18.2 Å². The van der Waals surface area contributed by atoms with Crippen LogP contribution in [0.5, 0.6) is 5.75 Å². The van der Waals surface area contributed by atoms with Gasteiger partial charge in [0.15, 0.2) is 0 Å². The second-order valence-corrected chi connectivity index (χ2v) is 5.31. The highest BCUT2D eigenvalue weighted by molar-refractivity contribution is 6.30. The van der Waals surface area contributed by atoms with Crippen LogP contribution in [0.1, 0.15) is 19.4 Å². The molecule has 0 radical (unpaired) electrons. The van der Waals surface area contributed by atoms with Crippen LogP contribution in [0.3, 0.4) is 0 Å². The molecule has 0 bridgehead atoms. The lowest BCUT2D eigenvalue weighted by Gasteiger charge is -2.22. The van der Waals surface area contributed by atoms with E-state index in [1.54, 1.807) is 14.2 Å². The number of benzene rings is 1. The first-order valence-electron chi connectivity index (χ1n) is 6.63. The molecule has 0 heterocycles. The Kier molecular flexibility index (Phi) is 7.21. The van der Waals surface area contributed by atoms with Gasteiger partial charge in [-0.15, -0.1) is 0 Å². The zero-order valence-electron chi connectivity index (χ0n) is 12.2. The number of nitrogens with one attached hydrogen (secondary N) is 1. The van der Waals surface area contributed by atoms with E-state index >= 15 is 0 Å². The average Bonchev–Trinajstić information content (AvgIpc) is 2.39. The van der Waals surface area contributed by atoms with Gasteiger partial charge in [-0.3, -0.25) is 0 Å². The first-order valence-corrected chi connectivity index (χ1v) is 7.01. The molecule has 0 amide bonds. The first kappa shape index (κ1) is 16.3. The molecule has 2 unspecified atom stereocenters. The van der Waals surface area contributed by atoms with Crippen molar-refractivity contribution >= 4 is 11.6 Å². The number of ether oxygens (including phenoxy) is 2. The van der Waals surface area contributed by atoms with E-state index in [1.807, 2.05) is 18.2 Å². The summed E-state index contributed by atoms with van der Waals surface area (Å²) in [6.07, 6.45) is 0.935. The van der Waals surface area contributed by atoms with Crippen molar-refractivity contribution in [3.63, 3.8) is 0 Å². The molecule has 0 aliphatic carbocycles. The molecule has 1 aromatic rings. The molecule has 0 saturated heterocycles. The molecular formula is C15H24ClNO2. The van der Waals surface area contributed by atoms with Crippen LogP contribution >= 0.6 is 11.6 Å². The van der Waals surface area contributed by atoms with Gasteiger partial charge in [-0.2, -0.15) is 0 Å². The standard InChI is InChI=1S/C15H24ClNO2/c1-11(12(2)17-7-8-18-3)9-13-10-14(16)5-6-15(13)19-4/h5-6,10-12,17H,7-9H2,1-4H3. The molecule has 1 rings (SSSR count). The number of rotatable bonds is 8. The van der Waals surface area contributed by atoms with Crippen molar-refractivity contribution in [3.05, 3.63) is 28.8 Å². The zero-order valence-corrected chi connectivity index (χ0v) is 13.0. The van der Waals surface area contributed by atoms with E-state index in [0.29, 0.717) is 12.0 Å². The molecule has 108 valence electrons. The number of methoxy groups -OCH3 is 2. The molecule has 0 aliphatic heterocycles. The van der Waals surface area contributed by atoms with Gasteiger partial charge < -0.3 is 14.8 Å². The fourth-order valence-electron chi connectivity index (χ4n) is 2.02. The van der Waals surface area contributed by atoms with Crippen LogP contribution < -0.4 is 10.1 Å². The van der Waals surface area contributed by atoms with Gasteiger partial charge in [0.2, 0.25) is 0 Å². The first-order chi connectivity index (χ1) is 9.08. The Hall–Kier alpha value is -0.770. The topological polar surface area (TPSA) is 30.5 Å². The summed E-state index contributed by atoms with van der Waals surface area (Å²) in [7, 11) is 3.41. The monoisotopic (exact) mass is 285 g/mol. The lowest BCUT2D eigenvalue weighted by molar-refractivity contribution is 0.192. The summed E-state index contributed by atoms with van der Waals surface area (Å²) in [4.78, 5) is 0. The summed E-state index contributed by atoms with van der Waals surface area (Å²) in [5.41, 5.74) is 1.16. The minimum atomic E-state index is 0.416. The highest BCUT2D eigenvalue weighted by Crippen LogP contribution is 2.26. The Morgan fingerprint density at radius 1 is 1.26 bits per heavy atom. The van der Waals surface area contributed by atoms with Crippen LogP contribution in [-0.4, -0.2) is 33.4 Å². The largest absolute Gasteiger partial charge is 0.496 e.